The molecule has 122 valence electrons. The van der Waals surface area contributed by atoms with Crippen molar-refractivity contribution in [3.63, 3.8) is 0 Å². The molecule has 0 amide bonds. The van der Waals surface area contributed by atoms with Gasteiger partial charge in [-0.2, -0.15) is 0 Å². The van der Waals surface area contributed by atoms with Crippen LogP contribution in [-0.4, -0.2) is 29.0 Å². The minimum absolute atomic E-state index is 0. The fourth-order valence-corrected chi connectivity index (χ4v) is 3.61. The van der Waals surface area contributed by atoms with Gasteiger partial charge in [0.2, 0.25) is 5.78 Å². The molecule has 0 atom stereocenters. The molecule has 0 fully saturated rings. The van der Waals surface area contributed by atoms with Crippen LogP contribution in [-0.2, 0) is 6.54 Å². The first-order valence-corrected chi connectivity index (χ1v) is 8.44. The van der Waals surface area contributed by atoms with Gasteiger partial charge < -0.3 is 22.1 Å². The van der Waals surface area contributed by atoms with E-state index in [2.05, 4.69) is 26.2 Å². The highest BCUT2D eigenvalue weighted by Gasteiger charge is 2.20. The van der Waals surface area contributed by atoms with Crippen molar-refractivity contribution in [1.82, 2.24) is 4.98 Å². The highest BCUT2D eigenvalue weighted by molar-refractivity contribution is 9.11. The Morgan fingerprint density at radius 3 is 2.78 bits per heavy atom. The topological polar surface area (TPSA) is 69.0 Å². The Hall–Kier alpha value is -1.22. The molecule has 8 heteroatoms. The van der Waals surface area contributed by atoms with Crippen LogP contribution in [0.2, 0.25) is 0 Å². The maximum absolute atomic E-state index is 12.5. The van der Waals surface area contributed by atoms with E-state index in [1.165, 1.54) is 11.3 Å². The summed E-state index contributed by atoms with van der Waals surface area (Å²) in [6.45, 7) is 0.692. The van der Waals surface area contributed by atoms with Gasteiger partial charge >= 0.3 is 5.95 Å². The second-order valence-electron chi connectivity index (χ2n) is 4.75. The summed E-state index contributed by atoms with van der Waals surface area (Å²) >= 11 is 4.81. The highest BCUT2D eigenvalue weighted by Crippen LogP contribution is 2.22. The number of hydrogen-bond acceptors (Lipinski definition) is 4. The van der Waals surface area contributed by atoms with E-state index in [9.17, 15) is 4.79 Å². The Balaban J connectivity index is 0.00000192. The van der Waals surface area contributed by atoms with E-state index in [1.54, 1.807) is 0 Å². The molecule has 3 N–H and O–H groups in total. The normalized spacial score (nSPS) is 10.5. The lowest BCUT2D eigenvalue weighted by atomic mass is 10.3. The summed E-state index contributed by atoms with van der Waals surface area (Å²) in [6.07, 6.45) is 0. The summed E-state index contributed by atoms with van der Waals surface area (Å²) < 4.78 is 2.85. The monoisotopic (exact) mass is 459 g/mol. The number of benzene rings is 1. The van der Waals surface area contributed by atoms with E-state index in [-0.39, 0.29) is 35.9 Å². The Morgan fingerprint density at radius 1 is 1.30 bits per heavy atom. The number of aromatic nitrogens is 2. The number of nitrogens with zero attached hydrogens (tertiary/aromatic N) is 1. The van der Waals surface area contributed by atoms with Gasteiger partial charge in [-0.1, -0.05) is 12.1 Å². The molecule has 3 aromatic rings. The summed E-state index contributed by atoms with van der Waals surface area (Å²) in [4.78, 5) is 16.4. The number of nitrogens with one attached hydrogen (secondary N) is 2. The molecule has 0 saturated carbocycles. The third-order valence-corrected chi connectivity index (χ3v) is 4.94. The van der Waals surface area contributed by atoms with Crippen molar-refractivity contribution < 1.29 is 31.4 Å². The number of aliphatic hydroxyl groups excluding tert-OH is 1. The molecule has 0 radical (unpaired) electrons. The van der Waals surface area contributed by atoms with Crippen LogP contribution in [0, 0.1) is 0 Å². The SMILES string of the molecule is O=C(C[n+]1c(NCCO)[nH]c2ccccc21)c1ccc(Br)s1.[Br-]. The smallest absolute Gasteiger partial charge is 0.356 e. The molecule has 2 heterocycles. The van der Waals surface area contributed by atoms with Gasteiger partial charge in [0.25, 0.3) is 0 Å². The first-order chi connectivity index (χ1) is 10.7. The van der Waals surface area contributed by atoms with Crippen molar-refractivity contribution in [3.05, 3.63) is 45.1 Å². The highest BCUT2D eigenvalue weighted by atomic mass is 79.9. The van der Waals surface area contributed by atoms with E-state index >= 15 is 0 Å². The van der Waals surface area contributed by atoms with E-state index < -0.39 is 0 Å². The average molecular weight is 461 g/mol. The number of imidazole rings is 1. The maximum atomic E-state index is 12.5. The first kappa shape index (κ1) is 18.1. The number of carbonyl (C=O) groups is 1. The Labute approximate surface area is 156 Å². The zero-order chi connectivity index (χ0) is 15.5. The molecule has 23 heavy (non-hydrogen) atoms. The number of halogens is 2. The number of anilines is 1. The molecule has 2 aromatic heterocycles. The maximum Gasteiger partial charge on any atom is 0.356 e. The van der Waals surface area contributed by atoms with Crippen molar-refractivity contribution in [2.24, 2.45) is 0 Å². The zero-order valence-electron chi connectivity index (χ0n) is 12.1. The first-order valence-electron chi connectivity index (χ1n) is 6.83. The third-order valence-electron chi connectivity index (χ3n) is 3.27. The molecule has 3 rings (SSSR count). The molecular formula is C15H15Br2N3O2S. The summed E-state index contributed by atoms with van der Waals surface area (Å²) in [5.74, 6) is 0.775. The number of Topliss-reactive ketones (excluding diaryl/α,β-unsaturated/α-hetero) is 1. The summed E-state index contributed by atoms with van der Waals surface area (Å²) in [6, 6.07) is 11.5. The Kier molecular flexibility index (Phi) is 6.34. The van der Waals surface area contributed by atoms with Crippen molar-refractivity contribution in [2.75, 3.05) is 18.5 Å². The van der Waals surface area contributed by atoms with Crippen LogP contribution in [0.5, 0.6) is 0 Å². The number of ketones is 1. The number of aliphatic hydroxyl groups is 1. The minimum atomic E-state index is 0. The van der Waals surface area contributed by atoms with E-state index in [0.717, 1.165) is 25.6 Å². The van der Waals surface area contributed by atoms with Gasteiger partial charge in [-0.15, -0.1) is 11.3 Å². The number of H-pyrrole nitrogens is 1. The summed E-state index contributed by atoms with van der Waals surface area (Å²) in [5.41, 5.74) is 1.90. The Bertz CT molecular complexity index is 816. The summed E-state index contributed by atoms with van der Waals surface area (Å²) in [5, 5.41) is 12.1. The van der Waals surface area contributed by atoms with Gasteiger partial charge in [-0.3, -0.25) is 10.1 Å². The van der Waals surface area contributed by atoms with Gasteiger partial charge in [0, 0.05) is 0 Å². The van der Waals surface area contributed by atoms with Crippen molar-refractivity contribution in [2.45, 2.75) is 6.54 Å². The van der Waals surface area contributed by atoms with E-state index in [4.69, 9.17) is 5.11 Å². The number of para-hydroxylation sites is 2. The molecule has 0 spiro atoms. The number of carbonyl (C=O) groups excluding carboxylic acids is 1. The average Bonchev–Trinajstić information content (AvgIpc) is 3.10. The van der Waals surface area contributed by atoms with E-state index in [0.29, 0.717) is 6.54 Å². The van der Waals surface area contributed by atoms with Crippen molar-refractivity contribution >= 4 is 50.0 Å². The van der Waals surface area contributed by atoms with Gasteiger partial charge in [-0.05, 0) is 40.2 Å². The predicted octanol–water partition coefficient (Wildman–Crippen LogP) is -0.430. The number of hydrogen-bond donors (Lipinski definition) is 3. The lowest BCUT2D eigenvalue weighted by molar-refractivity contribution is -0.642. The third kappa shape index (κ3) is 4.00. The van der Waals surface area contributed by atoms with Gasteiger partial charge in [0.15, 0.2) is 0 Å². The van der Waals surface area contributed by atoms with E-state index in [1.807, 2.05) is 41.0 Å². The van der Waals surface area contributed by atoms with Gasteiger partial charge in [0.05, 0.1) is 21.8 Å². The molecule has 5 nitrogen and oxygen atoms in total. The van der Waals surface area contributed by atoms with Crippen LogP contribution in [0.15, 0.2) is 40.2 Å². The molecular weight excluding hydrogens is 446 g/mol. The minimum Gasteiger partial charge on any atom is -1.00 e. The van der Waals surface area contributed by atoms with Crippen LogP contribution in [0.3, 0.4) is 0 Å². The molecule has 0 saturated heterocycles. The standard InChI is InChI=1S/C15H14BrN3O2S.BrH/c16-14-6-5-13(22-14)12(21)9-19-11-4-2-1-3-10(11)18-15(19)17-7-8-20;/h1-6,20H,7-9H2,(H,17,18);1H. The lowest BCUT2D eigenvalue weighted by Gasteiger charge is -2.02. The molecule has 0 bridgehead atoms. The van der Waals surface area contributed by atoms with Crippen molar-refractivity contribution in [3.8, 4) is 0 Å². The van der Waals surface area contributed by atoms with Crippen molar-refractivity contribution in [1.29, 1.82) is 0 Å². The van der Waals surface area contributed by atoms with Gasteiger partial charge in [-0.25, -0.2) is 9.55 Å². The largest absolute Gasteiger partial charge is 1.00 e. The molecule has 0 aliphatic carbocycles. The zero-order valence-corrected chi connectivity index (χ0v) is 16.0. The second kappa shape index (κ2) is 8.05. The van der Waals surface area contributed by atoms with Crippen LogP contribution in [0.25, 0.3) is 11.0 Å². The fraction of sp³-hybridized carbons (Fsp3) is 0.200. The second-order valence-corrected chi connectivity index (χ2v) is 7.22. The molecule has 1 aromatic carbocycles. The fourth-order valence-electron chi connectivity index (χ4n) is 2.29. The molecule has 0 unspecified atom stereocenters. The number of aromatic amines is 1. The molecule has 0 aliphatic heterocycles. The number of thiophene rings is 1. The van der Waals surface area contributed by atoms with Crippen LogP contribution in [0.4, 0.5) is 5.95 Å². The van der Waals surface area contributed by atoms with Gasteiger partial charge in [0.1, 0.15) is 17.6 Å². The quantitative estimate of drug-likeness (QED) is 0.345. The van der Waals surface area contributed by atoms with Crippen LogP contribution < -0.4 is 26.9 Å². The number of fused-ring (bicyclic) bond motifs is 1. The Morgan fingerprint density at radius 2 is 2.09 bits per heavy atom. The molecule has 0 aliphatic rings. The number of rotatable bonds is 6. The predicted molar refractivity (Wildman–Crippen MR) is 90.4 cm³/mol. The van der Waals surface area contributed by atoms with Crippen LogP contribution >= 0.6 is 27.3 Å². The summed E-state index contributed by atoms with van der Waals surface area (Å²) in [7, 11) is 0. The van der Waals surface area contributed by atoms with Crippen LogP contribution in [0.1, 0.15) is 9.67 Å². The lowest BCUT2D eigenvalue weighted by Crippen LogP contribution is -3.00.